The maximum Gasteiger partial charge on any atom is 0.375 e. The monoisotopic (exact) mass is 267 g/mol. The lowest BCUT2D eigenvalue weighted by Crippen LogP contribution is -2.06. The van der Waals surface area contributed by atoms with E-state index in [4.69, 9.17) is 10.5 Å². The summed E-state index contributed by atoms with van der Waals surface area (Å²) in [5.41, 5.74) is 6.32. The van der Waals surface area contributed by atoms with Gasteiger partial charge in [0.1, 0.15) is 10.7 Å². The van der Waals surface area contributed by atoms with Crippen LogP contribution in [0.1, 0.15) is 35.5 Å². The van der Waals surface area contributed by atoms with Gasteiger partial charge >= 0.3 is 5.97 Å². The molecule has 2 rings (SSSR count). The number of H-pyrrole nitrogens is 1. The van der Waals surface area contributed by atoms with E-state index in [9.17, 15) is 4.79 Å². The third kappa shape index (κ3) is 2.54. The zero-order valence-corrected chi connectivity index (χ0v) is 10.8. The Labute approximate surface area is 107 Å². The first-order valence-corrected chi connectivity index (χ1v) is 6.30. The number of ether oxygens (including phenoxy) is 1. The molecule has 0 bridgehead atoms. The highest BCUT2D eigenvalue weighted by Gasteiger charge is 2.16. The van der Waals surface area contributed by atoms with Crippen molar-refractivity contribution in [1.29, 1.82) is 0 Å². The van der Waals surface area contributed by atoms with Crippen molar-refractivity contribution in [1.82, 2.24) is 20.2 Å². The number of aromatic nitrogens is 4. The molecule has 0 radical (unpaired) electrons. The van der Waals surface area contributed by atoms with E-state index in [2.05, 4.69) is 20.2 Å². The molecule has 0 saturated carbocycles. The number of thiazole rings is 1. The summed E-state index contributed by atoms with van der Waals surface area (Å²) in [4.78, 5) is 19.7. The van der Waals surface area contributed by atoms with Crippen molar-refractivity contribution in [3.63, 3.8) is 0 Å². The molecule has 18 heavy (non-hydrogen) atoms. The topological polar surface area (TPSA) is 107 Å². The molecule has 0 amide bonds. The average Bonchev–Trinajstić information content (AvgIpc) is 2.98. The standard InChI is InChI=1S/C10H13N5O2S/c1-3-17-10(16)8-13-7(14-15-8)6-4-18-9(12-6)5(2)11/h4-5H,3,11H2,1-2H3,(H,13,14,15). The lowest BCUT2D eigenvalue weighted by atomic mass is 10.4. The summed E-state index contributed by atoms with van der Waals surface area (Å²) in [6.45, 7) is 3.87. The van der Waals surface area contributed by atoms with Crippen LogP contribution in [0.4, 0.5) is 0 Å². The van der Waals surface area contributed by atoms with Gasteiger partial charge in [0.2, 0.25) is 11.6 Å². The molecule has 0 saturated heterocycles. The molecule has 96 valence electrons. The first-order chi connectivity index (χ1) is 8.61. The van der Waals surface area contributed by atoms with Crippen LogP contribution >= 0.6 is 11.3 Å². The van der Waals surface area contributed by atoms with Gasteiger partial charge in [0.15, 0.2) is 0 Å². The van der Waals surface area contributed by atoms with E-state index in [1.807, 2.05) is 6.92 Å². The van der Waals surface area contributed by atoms with Crippen LogP contribution < -0.4 is 5.73 Å². The number of rotatable bonds is 4. The predicted octanol–water partition coefficient (Wildman–Crippen LogP) is 1.12. The third-order valence-corrected chi connectivity index (χ3v) is 3.14. The molecular formula is C10H13N5O2S. The van der Waals surface area contributed by atoms with E-state index < -0.39 is 5.97 Å². The van der Waals surface area contributed by atoms with Crippen LogP contribution in [0.15, 0.2) is 5.38 Å². The minimum absolute atomic E-state index is 0.0715. The Morgan fingerprint density at radius 1 is 1.61 bits per heavy atom. The van der Waals surface area contributed by atoms with Crippen LogP contribution in [0.25, 0.3) is 11.5 Å². The van der Waals surface area contributed by atoms with Crippen LogP contribution in [0, 0.1) is 0 Å². The van der Waals surface area contributed by atoms with Gasteiger partial charge in [-0.15, -0.1) is 11.3 Å². The van der Waals surface area contributed by atoms with E-state index in [1.54, 1.807) is 12.3 Å². The number of nitrogens with zero attached hydrogens (tertiary/aromatic N) is 3. The van der Waals surface area contributed by atoms with Crippen LogP contribution in [-0.4, -0.2) is 32.7 Å². The van der Waals surface area contributed by atoms with Gasteiger partial charge in [0.25, 0.3) is 0 Å². The number of hydrogen-bond acceptors (Lipinski definition) is 7. The zero-order chi connectivity index (χ0) is 13.1. The Morgan fingerprint density at radius 2 is 2.39 bits per heavy atom. The molecule has 7 nitrogen and oxygen atoms in total. The summed E-state index contributed by atoms with van der Waals surface area (Å²) in [5, 5.41) is 9.05. The normalized spacial score (nSPS) is 12.4. The van der Waals surface area contributed by atoms with Gasteiger partial charge in [-0.1, -0.05) is 0 Å². The second-order valence-electron chi connectivity index (χ2n) is 3.59. The van der Waals surface area contributed by atoms with Crippen molar-refractivity contribution in [3.8, 4) is 11.5 Å². The Bertz CT molecular complexity index is 548. The predicted molar refractivity (Wildman–Crippen MR) is 66.0 cm³/mol. The first kappa shape index (κ1) is 12.7. The van der Waals surface area contributed by atoms with E-state index in [1.165, 1.54) is 11.3 Å². The van der Waals surface area contributed by atoms with E-state index >= 15 is 0 Å². The average molecular weight is 267 g/mol. The molecule has 0 fully saturated rings. The molecule has 1 atom stereocenters. The third-order valence-electron chi connectivity index (χ3n) is 2.09. The molecule has 0 aliphatic rings. The fourth-order valence-corrected chi connectivity index (χ4v) is 2.02. The van der Waals surface area contributed by atoms with Gasteiger partial charge < -0.3 is 10.5 Å². The van der Waals surface area contributed by atoms with Crippen molar-refractivity contribution in [2.24, 2.45) is 5.73 Å². The molecule has 0 aromatic carbocycles. The second-order valence-corrected chi connectivity index (χ2v) is 4.48. The molecule has 8 heteroatoms. The number of nitrogens with one attached hydrogen (secondary N) is 1. The summed E-state index contributed by atoms with van der Waals surface area (Å²) >= 11 is 1.43. The fraction of sp³-hybridized carbons (Fsp3) is 0.400. The van der Waals surface area contributed by atoms with Crippen molar-refractivity contribution in [2.75, 3.05) is 6.61 Å². The summed E-state index contributed by atoms with van der Waals surface area (Å²) in [6, 6.07) is -0.132. The zero-order valence-electron chi connectivity index (χ0n) is 10.0. The molecule has 0 aliphatic heterocycles. The minimum atomic E-state index is -0.529. The van der Waals surface area contributed by atoms with E-state index in [0.717, 1.165) is 5.01 Å². The van der Waals surface area contributed by atoms with Gasteiger partial charge in [0, 0.05) is 5.38 Å². The number of carbonyl (C=O) groups excluding carboxylic acids is 1. The largest absolute Gasteiger partial charge is 0.460 e. The smallest absolute Gasteiger partial charge is 0.375 e. The molecule has 0 spiro atoms. The van der Waals surface area contributed by atoms with Gasteiger partial charge in [-0.25, -0.2) is 9.78 Å². The minimum Gasteiger partial charge on any atom is -0.460 e. The molecule has 0 aliphatic carbocycles. The SMILES string of the molecule is CCOC(=O)c1nc(-c2csc(C(C)N)n2)n[nH]1. The lowest BCUT2D eigenvalue weighted by Gasteiger charge is -1.96. The Hall–Kier alpha value is -1.80. The van der Waals surface area contributed by atoms with Crippen molar-refractivity contribution in [2.45, 2.75) is 19.9 Å². The number of nitrogens with two attached hydrogens (primary N) is 1. The summed E-state index contributed by atoms with van der Waals surface area (Å²) in [7, 11) is 0. The quantitative estimate of drug-likeness (QED) is 0.804. The molecule has 2 aromatic heterocycles. The summed E-state index contributed by atoms with van der Waals surface area (Å²) in [6.07, 6.45) is 0. The van der Waals surface area contributed by atoms with Crippen molar-refractivity contribution in [3.05, 3.63) is 16.2 Å². The molecule has 2 heterocycles. The number of aromatic amines is 1. The Balaban J connectivity index is 2.21. The highest BCUT2D eigenvalue weighted by molar-refractivity contribution is 7.10. The molecular weight excluding hydrogens is 254 g/mol. The first-order valence-electron chi connectivity index (χ1n) is 5.42. The van der Waals surface area contributed by atoms with E-state index in [0.29, 0.717) is 18.1 Å². The fourth-order valence-electron chi connectivity index (χ4n) is 1.27. The maximum absolute atomic E-state index is 11.4. The van der Waals surface area contributed by atoms with Gasteiger partial charge in [0.05, 0.1) is 12.6 Å². The highest BCUT2D eigenvalue weighted by atomic mass is 32.1. The summed E-state index contributed by atoms with van der Waals surface area (Å²) < 4.78 is 4.81. The van der Waals surface area contributed by atoms with Crippen LogP contribution in [-0.2, 0) is 4.74 Å². The number of carbonyl (C=O) groups is 1. The van der Waals surface area contributed by atoms with Crippen LogP contribution in [0.2, 0.25) is 0 Å². The number of hydrogen-bond donors (Lipinski definition) is 2. The Morgan fingerprint density at radius 3 is 3.00 bits per heavy atom. The highest BCUT2D eigenvalue weighted by Crippen LogP contribution is 2.21. The van der Waals surface area contributed by atoms with Gasteiger partial charge in [-0.05, 0) is 13.8 Å². The lowest BCUT2D eigenvalue weighted by molar-refractivity contribution is 0.0512. The number of esters is 1. The van der Waals surface area contributed by atoms with E-state index in [-0.39, 0.29) is 11.9 Å². The maximum atomic E-state index is 11.4. The van der Waals surface area contributed by atoms with Crippen LogP contribution in [0.3, 0.4) is 0 Å². The molecule has 3 N–H and O–H groups in total. The van der Waals surface area contributed by atoms with Crippen LogP contribution in [0.5, 0.6) is 0 Å². The molecule has 2 aromatic rings. The van der Waals surface area contributed by atoms with Crippen molar-refractivity contribution < 1.29 is 9.53 Å². The molecule has 1 unspecified atom stereocenters. The second kappa shape index (κ2) is 5.23. The van der Waals surface area contributed by atoms with Gasteiger partial charge in [-0.2, -0.15) is 10.1 Å². The Kier molecular flexibility index (Phi) is 3.68. The summed E-state index contributed by atoms with van der Waals surface area (Å²) in [5.74, 6) is -0.0951. The van der Waals surface area contributed by atoms with Gasteiger partial charge in [-0.3, -0.25) is 5.10 Å². The van der Waals surface area contributed by atoms with Crippen molar-refractivity contribution >= 4 is 17.3 Å².